The first-order valence-electron chi connectivity index (χ1n) is 8.91. The molecule has 0 N–H and O–H groups in total. The lowest BCUT2D eigenvalue weighted by molar-refractivity contribution is -0.123. The average molecular weight is 406 g/mol. The van der Waals surface area contributed by atoms with Gasteiger partial charge in [-0.05, 0) is 53.1 Å². The molecule has 28 heavy (non-hydrogen) atoms. The Morgan fingerprint density at radius 3 is 2.04 bits per heavy atom. The fourth-order valence-electron chi connectivity index (χ4n) is 3.18. The molecule has 3 aromatic rings. The molecule has 0 saturated carbocycles. The van der Waals surface area contributed by atoms with Crippen LogP contribution in [0.5, 0.6) is 0 Å². The van der Waals surface area contributed by atoms with Crippen molar-refractivity contribution in [2.45, 2.75) is 6.54 Å². The van der Waals surface area contributed by atoms with Crippen LogP contribution in [0.3, 0.4) is 0 Å². The minimum Gasteiger partial charge on any atom is -0.303 e. The number of hydrogen-bond donors (Lipinski definition) is 0. The number of hydrogen-bond acceptors (Lipinski definition) is 1. The summed E-state index contributed by atoms with van der Waals surface area (Å²) in [6.45, 7) is 0.506. The van der Waals surface area contributed by atoms with Crippen LogP contribution in [-0.4, -0.2) is 10.8 Å². The first kappa shape index (κ1) is 18.5. The van der Waals surface area contributed by atoms with Crippen LogP contribution < -0.4 is 0 Å². The van der Waals surface area contributed by atoms with Gasteiger partial charge in [-0.1, -0.05) is 77.8 Å². The van der Waals surface area contributed by atoms with Gasteiger partial charge in [-0.2, -0.15) is 0 Å². The number of nitrogens with zero attached hydrogens (tertiary/aromatic N) is 1. The Balaban J connectivity index is 1.73. The fourth-order valence-corrected chi connectivity index (χ4v) is 3.43. The molecule has 0 bridgehead atoms. The summed E-state index contributed by atoms with van der Waals surface area (Å²) in [7, 11) is 0. The highest BCUT2D eigenvalue weighted by Crippen LogP contribution is 2.32. The van der Waals surface area contributed by atoms with Crippen LogP contribution in [0.15, 0.2) is 90.5 Å². The summed E-state index contributed by atoms with van der Waals surface area (Å²) >= 11 is 12.0. The highest BCUT2D eigenvalue weighted by atomic mass is 35.5. The average Bonchev–Trinajstić information content (AvgIpc) is 3.01. The summed E-state index contributed by atoms with van der Waals surface area (Å²) in [5.74, 6) is -0.0243. The molecular formula is C24H17Cl2NO. The Morgan fingerprint density at radius 1 is 0.786 bits per heavy atom. The molecule has 0 fully saturated rings. The van der Waals surface area contributed by atoms with E-state index in [1.54, 1.807) is 4.90 Å². The first-order valence-corrected chi connectivity index (χ1v) is 9.66. The third-order valence-electron chi connectivity index (χ3n) is 4.59. The molecule has 0 radical (unpaired) electrons. The van der Waals surface area contributed by atoms with Crippen molar-refractivity contribution >= 4 is 40.9 Å². The van der Waals surface area contributed by atoms with E-state index in [1.165, 1.54) is 0 Å². The molecule has 0 spiro atoms. The van der Waals surface area contributed by atoms with Gasteiger partial charge >= 0.3 is 0 Å². The van der Waals surface area contributed by atoms with E-state index in [0.29, 0.717) is 22.2 Å². The van der Waals surface area contributed by atoms with Gasteiger partial charge in [0, 0.05) is 15.6 Å². The lowest BCUT2D eigenvalue weighted by Gasteiger charge is -2.21. The van der Waals surface area contributed by atoms with Crippen molar-refractivity contribution in [3.63, 3.8) is 0 Å². The monoisotopic (exact) mass is 405 g/mol. The maximum atomic E-state index is 13.2. The Labute approximate surface area is 174 Å². The number of carbonyl (C=O) groups excluding carboxylic acids is 1. The van der Waals surface area contributed by atoms with Crippen molar-refractivity contribution < 1.29 is 4.79 Å². The van der Waals surface area contributed by atoms with Crippen molar-refractivity contribution in [2.24, 2.45) is 0 Å². The van der Waals surface area contributed by atoms with Crippen LogP contribution in [0.25, 0.3) is 11.8 Å². The van der Waals surface area contributed by atoms with E-state index in [0.717, 1.165) is 22.4 Å². The third kappa shape index (κ3) is 4.04. The van der Waals surface area contributed by atoms with Gasteiger partial charge in [-0.15, -0.1) is 0 Å². The lowest BCUT2D eigenvalue weighted by Crippen LogP contribution is -2.25. The molecular weight excluding hydrogens is 389 g/mol. The Bertz CT molecular complexity index is 1050. The Morgan fingerprint density at radius 2 is 1.39 bits per heavy atom. The molecule has 4 rings (SSSR count). The minimum atomic E-state index is -0.0243. The highest BCUT2D eigenvalue weighted by Gasteiger charge is 2.29. The number of amides is 1. The molecule has 1 aliphatic rings. The van der Waals surface area contributed by atoms with E-state index < -0.39 is 0 Å². The zero-order chi connectivity index (χ0) is 19.5. The molecule has 4 heteroatoms. The summed E-state index contributed by atoms with van der Waals surface area (Å²) in [5.41, 5.74) is 4.46. The zero-order valence-corrected chi connectivity index (χ0v) is 16.5. The third-order valence-corrected chi connectivity index (χ3v) is 5.09. The van der Waals surface area contributed by atoms with Crippen molar-refractivity contribution in [3.05, 3.63) is 117 Å². The van der Waals surface area contributed by atoms with Gasteiger partial charge in [0.1, 0.15) is 0 Å². The molecule has 0 saturated heterocycles. The van der Waals surface area contributed by atoms with Crippen molar-refractivity contribution in [3.8, 4) is 0 Å². The van der Waals surface area contributed by atoms with E-state index in [4.69, 9.17) is 23.2 Å². The van der Waals surface area contributed by atoms with E-state index in [2.05, 4.69) is 0 Å². The van der Waals surface area contributed by atoms with Gasteiger partial charge in [0.25, 0.3) is 5.91 Å². The van der Waals surface area contributed by atoms with E-state index in [1.807, 2.05) is 91.0 Å². The second-order valence-corrected chi connectivity index (χ2v) is 7.44. The summed E-state index contributed by atoms with van der Waals surface area (Å²) in [4.78, 5) is 15.0. The van der Waals surface area contributed by atoms with Gasteiger partial charge in [-0.25, -0.2) is 0 Å². The van der Waals surface area contributed by atoms with Crippen molar-refractivity contribution in [1.82, 2.24) is 4.90 Å². The van der Waals surface area contributed by atoms with Crippen LogP contribution >= 0.6 is 23.2 Å². The summed E-state index contributed by atoms with van der Waals surface area (Å²) < 4.78 is 0. The molecule has 1 aliphatic heterocycles. The van der Waals surface area contributed by atoms with Crippen LogP contribution in [0.2, 0.25) is 10.0 Å². The second-order valence-electron chi connectivity index (χ2n) is 6.56. The molecule has 1 heterocycles. The standard InChI is InChI=1S/C24H17Cl2NO/c25-21-10-6-17(7-11-21)14-20-15-23(19-8-12-22(26)13-9-19)27(24(20)28)16-18-4-2-1-3-5-18/h1-15H,16H2/b20-14+. The van der Waals surface area contributed by atoms with E-state index >= 15 is 0 Å². The van der Waals surface area contributed by atoms with Gasteiger partial charge in [0.2, 0.25) is 0 Å². The SMILES string of the molecule is O=C1/C(=C/c2ccc(Cl)cc2)C=C(c2ccc(Cl)cc2)N1Cc1ccccc1. The van der Waals surface area contributed by atoms with Crippen LogP contribution in [-0.2, 0) is 11.3 Å². The topological polar surface area (TPSA) is 20.3 Å². The summed E-state index contributed by atoms with van der Waals surface area (Å²) in [6.07, 6.45) is 3.82. The van der Waals surface area contributed by atoms with Gasteiger partial charge in [-0.3, -0.25) is 4.79 Å². The van der Waals surface area contributed by atoms with Crippen molar-refractivity contribution in [2.75, 3.05) is 0 Å². The number of benzene rings is 3. The lowest BCUT2D eigenvalue weighted by atomic mass is 10.1. The predicted octanol–water partition coefficient (Wildman–Crippen LogP) is 6.46. The van der Waals surface area contributed by atoms with E-state index in [-0.39, 0.29) is 5.91 Å². The maximum absolute atomic E-state index is 13.2. The molecule has 138 valence electrons. The first-order chi connectivity index (χ1) is 13.6. The molecule has 0 atom stereocenters. The van der Waals surface area contributed by atoms with Crippen molar-refractivity contribution in [1.29, 1.82) is 0 Å². The molecule has 0 aromatic heterocycles. The molecule has 1 amide bonds. The maximum Gasteiger partial charge on any atom is 0.258 e. The quantitative estimate of drug-likeness (QED) is 0.456. The van der Waals surface area contributed by atoms with Gasteiger partial charge in [0.05, 0.1) is 12.2 Å². The Kier molecular flexibility index (Phi) is 5.34. The molecule has 0 unspecified atom stereocenters. The van der Waals surface area contributed by atoms with Gasteiger partial charge < -0.3 is 4.90 Å². The van der Waals surface area contributed by atoms with Crippen LogP contribution in [0.1, 0.15) is 16.7 Å². The largest absolute Gasteiger partial charge is 0.303 e. The highest BCUT2D eigenvalue weighted by molar-refractivity contribution is 6.30. The van der Waals surface area contributed by atoms with E-state index in [9.17, 15) is 4.79 Å². The summed E-state index contributed by atoms with van der Waals surface area (Å²) in [5, 5.41) is 1.34. The van der Waals surface area contributed by atoms with Gasteiger partial charge in [0.15, 0.2) is 0 Å². The zero-order valence-electron chi connectivity index (χ0n) is 15.0. The molecule has 3 aromatic carbocycles. The number of carbonyl (C=O) groups is 1. The normalized spacial score (nSPS) is 15.2. The Hall–Kier alpha value is -2.81. The minimum absolute atomic E-state index is 0.0243. The second kappa shape index (κ2) is 8.05. The summed E-state index contributed by atoms with van der Waals surface area (Å²) in [6, 6.07) is 25.0. The number of halogens is 2. The van der Waals surface area contributed by atoms with Crippen LogP contribution in [0, 0.1) is 0 Å². The smallest absolute Gasteiger partial charge is 0.258 e. The predicted molar refractivity (Wildman–Crippen MR) is 116 cm³/mol. The van der Waals surface area contributed by atoms with Crippen LogP contribution in [0.4, 0.5) is 0 Å². The molecule has 0 aliphatic carbocycles. The molecule has 2 nitrogen and oxygen atoms in total. The number of rotatable bonds is 4. The fraction of sp³-hybridized carbons (Fsp3) is 0.0417.